The van der Waals surface area contributed by atoms with Gasteiger partial charge in [-0.15, -0.1) is 11.3 Å². The molecule has 0 saturated heterocycles. The summed E-state index contributed by atoms with van der Waals surface area (Å²) in [6.07, 6.45) is -0.128. The van der Waals surface area contributed by atoms with E-state index in [2.05, 4.69) is 15.0 Å². The number of rotatable bonds is 7. The van der Waals surface area contributed by atoms with Gasteiger partial charge >= 0.3 is 6.09 Å². The van der Waals surface area contributed by atoms with Crippen LogP contribution in [0.2, 0.25) is 0 Å². The van der Waals surface area contributed by atoms with E-state index in [0.29, 0.717) is 22.8 Å². The number of hydrogen-bond acceptors (Lipinski definition) is 7. The van der Waals surface area contributed by atoms with E-state index in [1.54, 1.807) is 50.4 Å². The summed E-state index contributed by atoms with van der Waals surface area (Å²) in [5.41, 5.74) is 1.24. The van der Waals surface area contributed by atoms with E-state index in [1.165, 1.54) is 11.3 Å². The lowest BCUT2D eigenvalue weighted by Gasteiger charge is -2.23. The van der Waals surface area contributed by atoms with Crippen molar-refractivity contribution in [3.05, 3.63) is 45.9 Å². The molecule has 1 aromatic heterocycles. The van der Waals surface area contributed by atoms with Crippen molar-refractivity contribution in [2.45, 2.75) is 45.4 Å². The van der Waals surface area contributed by atoms with E-state index >= 15 is 0 Å². The second-order valence-electron chi connectivity index (χ2n) is 6.80. The Morgan fingerprint density at radius 2 is 1.96 bits per heavy atom. The van der Waals surface area contributed by atoms with Crippen LogP contribution in [0.3, 0.4) is 0 Å². The molecule has 10 heteroatoms. The number of nitrogens with one attached hydrogen (secondary N) is 2. The predicted octanol–water partition coefficient (Wildman–Crippen LogP) is 2.38. The number of carbonyl (C=O) groups excluding carboxylic acids is 1. The Hall–Kier alpha value is -2.17. The van der Waals surface area contributed by atoms with Gasteiger partial charge in [-0.2, -0.15) is 0 Å². The topological polar surface area (TPSA) is 118 Å². The average molecular weight is 414 g/mol. The zero-order chi connectivity index (χ0) is 20.0. The summed E-state index contributed by atoms with van der Waals surface area (Å²) in [7, 11) is -2.72. The van der Waals surface area contributed by atoms with Crippen LogP contribution in [-0.4, -0.2) is 30.2 Å². The van der Waals surface area contributed by atoms with Gasteiger partial charge in [0.1, 0.15) is 10.6 Å². The molecular formula is C17H23N3O5S2. The highest BCUT2D eigenvalue weighted by Crippen LogP contribution is 2.24. The fraction of sp³-hybridized carbons (Fsp3) is 0.412. The summed E-state index contributed by atoms with van der Waals surface area (Å²) in [5, 5.41) is 14.4. The maximum atomic E-state index is 12.2. The predicted molar refractivity (Wildman–Crippen MR) is 104 cm³/mol. The third-order valence-electron chi connectivity index (χ3n) is 3.33. The minimum absolute atomic E-state index is 0.177. The third-order valence-corrected chi connectivity index (χ3v) is 4.78. The van der Waals surface area contributed by atoms with Gasteiger partial charge in [-0.1, -0.05) is 12.1 Å². The number of aliphatic hydroxyl groups is 1. The van der Waals surface area contributed by atoms with Gasteiger partial charge in [-0.3, -0.25) is 4.72 Å². The monoisotopic (exact) mass is 413 g/mol. The van der Waals surface area contributed by atoms with E-state index in [-0.39, 0.29) is 6.61 Å². The van der Waals surface area contributed by atoms with E-state index in [1.807, 2.05) is 0 Å². The number of hydrogen-bond donors (Lipinski definition) is 4. The van der Waals surface area contributed by atoms with Crippen LogP contribution in [-0.2, 0) is 28.7 Å². The summed E-state index contributed by atoms with van der Waals surface area (Å²) in [6.45, 7) is 5.16. The number of aliphatic hydroxyl groups excluding tert-OH is 1. The SMILES string of the molecule is CC(C)(C)OC(=O)N[C@@H](Cc1ccc(N[SH](=O)=O)cc1)c1nc(CO)cs1. The summed E-state index contributed by atoms with van der Waals surface area (Å²) >= 11 is 1.34. The van der Waals surface area contributed by atoms with Crippen molar-refractivity contribution in [3.63, 3.8) is 0 Å². The number of amides is 1. The van der Waals surface area contributed by atoms with Gasteiger partial charge in [0.15, 0.2) is 0 Å². The van der Waals surface area contributed by atoms with Crippen LogP contribution in [0.25, 0.3) is 0 Å². The third kappa shape index (κ3) is 7.16. The first-order valence-electron chi connectivity index (χ1n) is 8.21. The zero-order valence-electron chi connectivity index (χ0n) is 15.3. The van der Waals surface area contributed by atoms with Crippen LogP contribution in [0.4, 0.5) is 10.5 Å². The molecule has 0 unspecified atom stereocenters. The molecule has 2 rings (SSSR count). The number of aromatic nitrogens is 1. The highest BCUT2D eigenvalue weighted by atomic mass is 32.2. The van der Waals surface area contributed by atoms with Crippen LogP contribution in [0.5, 0.6) is 0 Å². The molecule has 1 heterocycles. The average Bonchev–Trinajstić information content (AvgIpc) is 3.03. The summed E-state index contributed by atoms with van der Waals surface area (Å²) in [5.74, 6) is 0. The second kappa shape index (κ2) is 9.16. The molecule has 0 saturated carbocycles. The molecule has 0 bridgehead atoms. The Labute approximate surface area is 163 Å². The molecule has 3 N–H and O–H groups in total. The van der Waals surface area contributed by atoms with Crippen LogP contribution < -0.4 is 10.0 Å². The minimum atomic E-state index is -2.72. The van der Waals surface area contributed by atoms with Crippen LogP contribution in [0, 0.1) is 0 Å². The smallest absolute Gasteiger partial charge is 0.408 e. The van der Waals surface area contributed by atoms with Gasteiger partial charge in [0.05, 0.1) is 18.3 Å². The normalized spacial score (nSPS) is 12.6. The van der Waals surface area contributed by atoms with Crippen LogP contribution in [0.15, 0.2) is 29.6 Å². The van der Waals surface area contributed by atoms with Crippen molar-refractivity contribution in [2.24, 2.45) is 0 Å². The van der Waals surface area contributed by atoms with Crippen molar-refractivity contribution in [2.75, 3.05) is 4.72 Å². The van der Waals surface area contributed by atoms with Crippen molar-refractivity contribution in [1.82, 2.24) is 10.3 Å². The fourth-order valence-electron chi connectivity index (χ4n) is 2.26. The lowest BCUT2D eigenvalue weighted by molar-refractivity contribution is 0.0503. The molecule has 1 atom stereocenters. The Morgan fingerprint density at radius 1 is 1.30 bits per heavy atom. The first-order valence-corrected chi connectivity index (χ1v) is 10.3. The van der Waals surface area contributed by atoms with Crippen molar-refractivity contribution in [1.29, 1.82) is 0 Å². The first-order chi connectivity index (χ1) is 12.7. The Balaban J connectivity index is 2.17. The van der Waals surface area contributed by atoms with Gasteiger partial charge in [-0.05, 0) is 44.9 Å². The molecule has 0 aliphatic rings. The van der Waals surface area contributed by atoms with Crippen molar-refractivity contribution >= 4 is 34.0 Å². The molecule has 0 aliphatic heterocycles. The number of ether oxygens (including phenoxy) is 1. The number of benzene rings is 1. The number of alkyl carbamates (subject to hydrolysis) is 1. The maximum absolute atomic E-state index is 12.2. The lowest BCUT2D eigenvalue weighted by Crippen LogP contribution is -2.35. The van der Waals surface area contributed by atoms with Crippen molar-refractivity contribution in [3.8, 4) is 0 Å². The molecule has 27 heavy (non-hydrogen) atoms. The van der Waals surface area contributed by atoms with E-state index in [0.717, 1.165) is 5.56 Å². The van der Waals surface area contributed by atoms with Gasteiger partial charge in [0, 0.05) is 11.1 Å². The quantitative estimate of drug-likeness (QED) is 0.518. The summed E-state index contributed by atoms with van der Waals surface area (Å²) in [6, 6.07) is 6.38. The molecule has 148 valence electrons. The second-order valence-corrected chi connectivity index (χ2v) is 8.43. The maximum Gasteiger partial charge on any atom is 0.408 e. The number of thiazole rings is 1. The largest absolute Gasteiger partial charge is 0.444 e. The van der Waals surface area contributed by atoms with Gasteiger partial charge in [0.2, 0.25) is 10.9 Å². The van der Waals surface area contributed by atoms with Gasteiger partial charge < -0.3 is 15.2 Å². The van der Waals surface area contributed by atoms with E-state index in [4.69, 9.17) is 4.74 Å². The highest BCUT2D eigenvalue weighted by Gasteiger charge is 2.23. The molecule has 0 fully saturated rings. The molecule has 8 nitrogen and oxygen atoms in total. The molecule has 1 aromatic carbocycles. The Kier molecular flexibility index (Phi) is 7.17. The highest BCUT2D eigenvalue weighted by molar-refractivity contribution is 7.73. The number of nitrogens with zero attached hydrogens (tertiary/aromatic N) is 1. The molecule has 0 radical (unpaired) electrons. The number of thiol groups is 1. The first kappa shape index (κ1) is 21.1. The summed E-state index contributed by atoms with van der Waals surface area (Å²) in [4.78, 5) is 16.5. The standard InChI is InChI=1S/C17H23N3O5S2/c1-17(2,3)25-16(22)19-14(15-18-13(9-21)10-26-15)8-11-4-6-12(7-5-11)20-27(23)24/h4-7,10,14,21,27H,8-9H2,1-3H3,(H,19,22)(H,20,23,24)/t14-/m0/s1. The number of carbonyl (C=O) groups is 1. The Morgan fingerprint density at radius 3 is 2.48 bits per heavy atom. The lowest BCUT2D eigenvalue weighted by atomic mass is 10.1. The minimum Gasteiger partial charge on any atom is -0.444 e. The van der Waals surface area contributed by atoms with E-state index in [9.17, 15) is 18.3 Å². The van der Waals surface area contributed by atoms with Crippen LogP contribution in [0.1, 0.15) is 43.1 Å². The molecule has 1 amide bonds. The molecular weight excluding hydrogens is 390 g/mol. The van der Waals surface area contributed by atoms with Gasteiger partial charge in [-0.25, -0.2) is 18.2 Å². The molecule has 0 aliphatic carbocycles. The Bertz CT molecular complexity index is 833. The van der Waals surface area contributed by atoms with Crippen LogP contribution >= 0.6 is 11.3 Å². The van der Waals surface area contributed by atoms with E-state index < -0.39 is 28.6 Å². The molecule has 2 aromatic rings. The van der Waals surface area contributed by atoms with Crippen molar-refractivity contribution < 1.29 is 23.1 Å². The summed E-state index contributed by atoms with van der Waals surface area (Å²) < 4.78 is 29.1. The zero-order valence-corrected chi connectivity index (χ0v) is 17.0. The fourth-order valence-corrected chi connectivity index (χ4v) is 3.48. The number of anilines is 1. The molecule has 0 spiro atoms. The van der Waals surface area contributed by atoms with Gasteiger partial charge in [0.25, 0.3) is 0 Å².